The normalized spacial score (nSPS) is 14.4. The Morgan fingerprint density at radius 3 is 2.88 bits per heavy atom. The van der Waals surface area contributed by atoms with Gasteiger partial charge < -0.3 is 11.1 Å². The van der Waals surface area contributed by atoms with Crippen molar-refractivity contribution >= 4 is 11.5 Å². The van der Waals surface area contributed by atoms with Crippen molar-refractivity contribution in [3.05, 3.63) is 47.8 Å². The van der Waals surface area contributed by atoms with Gasteiger partial charge in [0, 0.05) is 18.8 Å². The lowest BCUT2D eigenvalue weighted by atomic mass is 10.2. The van der Waals surface area contributed by atoms with Crippen LogP contribution in [0.15, 0.2) is 30.6 Å². The summed E-state index contributed by atoms with van der Waals surface area (Å²) in [5.41, 5.74) is 7.67. The summed E-state index contributed by atoms with van der Waals surface area (Å²) in [5.74, 6) is -1.14. The first-order valence-corrected chi connectivity index (χ1v) is 7.90. The molecule has 3 aromatic heterocycles. The molecule has 1 saturated carbocycles. The second-order valence-corrected chi connectivity index (χ2v) is 6.17. The van der Waals surface area contributed by atoms with Crippen molar-refractivity contribution in [3.63, 3.8) is 0 Å². The predicted octanol–water partition coefficient (Wildman–Crippen LogP) is 2.76. The molecule has 1 aliphatic rings. The van der Waals surface area contributed by atoms with Crippen molar-refractivity contribution in [1.82, 2.24) is 19.7 Å². The Balaban J connectivity index is 1.64. The number of nitrogens with zero attached hydrogens (tertiary/aromatic N) is 3. The number of fused-ring (bicyclic) bond motifs is 1. The number of nitrogens with two attached hydrogens (primary N) is 1. The van der Waals surface area contributed by atoms with Crippen LogP contribution in [0.2, 0.25) is 0 Å². The zero-order chi connectivity index (χ0) is 16.7. The minimum atomic E-state index is -0.867. The molecule has 3 aromatic rings. The number of anilines is 1. The molecule has 0 unspecified atom stereocenters. The van der Waals surface area contributed by atoms with Gasteiger partial charge in [-0.3, -0.25) is 4.40 Å². The van der Waals surface area contributed by atoms with Crippen molar-refractivity contribution < 1.29 is 8.78 Å². The highest BCUT2D eigenvalue weighted by Crippen LogP contribution is 2.28. The molecule has 0 aliphatic heterocycles. The number of hydrogen-bond acceptors (Lipinski definition) is 4. The number of halogens is 2. The van der Waals surface area contributed by atoms with Gasteiger partial charge >= 0.3 is 0 Å². The largest absolute Gasteiger partial charge is 0.381 e. The molecule has 1 aliphatic carbocycles. The van der Waals surface area contributed by atoms with E-state index in [0.29, 0.717) is 11.3 Å². The quantitative estimate of drug-likeness (QED) is 0.755. The summed E-state index contributed by atoms with van der Waals surface area (Å²) in [4.78, 5) is 8.12. The van der Waals surface area contributed by atoms with Gasteiger partial charge in [-0.2, -0.15) is 0 Å². The molecule has 1 fully saturated rings. The number of imidazole rings is 1. The second-order valence-electron chi connectivity index (χ2n) is 6.17. The standard InChI is InChI=1S/C17H17F2N5/c18-12-6-13(19)17(20)23-16(12)14-9-22-15-5-11(3-4-24(14)15)8-21-7-10-1-2-10/h3-6,9-10,21H,1-2,7-8H2,(H2,20,23). The molecule has 0 spiro atoms. The first kappa shape index (κ1) is 15.0. The molecule has 7 heteroatoms. The van der Waals surface area contributed by atoms with Crippen LogP contribution in [0.4, 0.5) is 14.6 Å². The molecular formula is C17H17F2N5. The minimum Gasteiger partial charge on any atom is -0.381 e. The predicted molar refractivity (Wildman–Crippen MR) is 87.2 cm³/mol. The molecule has 5 nitrogen and oxygen atoms in total. The lowest BCUT2D eigenvalue weighted by Gasteiger charge is -2.07. The number of pyridine rings is 2. The molecule has 0 amide bonds. The van der Waals surface area contributed by atoms with Gasteiger partial charge in [-0.15, -0.1) is 0 Å². The molecule has 3 N–H and O–H groups in total. The Kier molecular flexibility index (Phi) is 3.65. The minimum absolute atomic E-state index is 0.0130. The Morgan fingerprint density at radius 1 is 1.25 bits per heavy atom. The van der Waals surface area contributed by atoms with Gasteiger partial charge in [0.1, 0.15) is 11.3 Å². The molecule has 0 atom stereocenters. The van der Waals surface area contributed by atoms with Gasteiger partial charge in [-0.1, -0.05) is 0 Å². The fraction of sp³-hybridized carbons (Fsp3) is 0.294. The van der Waals surface area contributed by atoms with Gasteiger partial charge in [-0.25, -0.2) is 18.7 Å². The molecule has 0 aromatic carbocycles. The zero-order valence-corrected chi connectivity index (χ0v) is 13.0. The summed E-state index contributed by atoms with van der Waals surface area (Å²) in [6.07, 6.45) is 5.95. The van der Waals surface area contributed by atoms with Gasteiger partial charge in [0.2, 0.25) is 0 Å². The van der Waals surface area contributed by atoms with E-state index in [1.54, 1.807) is 4.40 Å². The van der Waals surface area contributed by atoms with Crippen LogP contribution in [0.5, 0.6) is 0 Å². The van der Waals surface area contributed by atoms with Gasteiger partial charge in [-0.05, 0) is 43.0 Å². The third-order valence-electron chi connectivity index (χ3n) is 4.24. The molecule has 0 saturated heterocycles. The molecule has 124 valence electrons. The van der Waals surface area contributed by atoms with Crippen LogP contribution in [0.1, 0.15) is 18.4 Å². The van der Waals surface area contributed by atoms with Gasteiger partial charge in [0.15, 0.2) is 17.5 Å². The Hall–Kier alpha value is -2.54. The molecular weight excluding hydrogens is 312 g/mol. The summed E-state index contributed by atoms with van der Waals surface area (Å²) in [5, 5.41) is 3.42. The topological polar surface area (TPSA) is 68.2 Å². The SMILES string of the molecule is Nc1nc(-c2cnc3cc(CNCC4CC4)ccn23)c(F)cc1F. The number of nitrogens with one attached hydrogen (secondary N) is 1. The molecule has 24 heavy (non-hydrogen) atoms. The molecule has 0 radical (unpaired) electrons. The second kappa shape index (κ2) is 5.83. The number of aromatic nitrogens is 3. The van der Waals surface area contributed by atoms with Crippen LogP contribution in [-0.4, -0.2) is 20.9 Å². The van der Waals surface area contributed by atoms with E-state index >= 15 is 0 Å². The van der Waals surface area contributed by atoms with Crippen LogP contribution in [0, 0.1) is 17.6 Å². The molecule has 4 rings (SSSR count). The third kappa shape index (κ3) is 2.82. The van der Waals surface area contributed by atoms with Crippen LogP contribution in [-0.2, 0) is 6.54 Å². The van der Waals surface area contributed by atoms with E-state index in [1.807, 2.05) is 18.3 Å². The maximum Gasteiger partial charge on any atom is 0.168 e. The van der Waals surface area contributed by atoms with E-state index in [2.05, 4.69) is 15.3 Å². The maximum atomic E-state index is 14.0. The van der Waals surface area contributed by atoms with Gasteiger partial charge in [0.05, 0.1) is 11.9 Å². The summed E-state index contributed by atoms with van der Waals surface area (Å²) in [6.45, 7) is 1.81. The first-order chi connectivity index (χ1) is 11.6. The lowest BCUT2D eigenvalue weighted by Crippen LogP contribution is -2.16. The average Bonchev–Trinajstić information content (AvgIpc) is 3.29. The highest BCUT2D eigenvalue weighted by Gasteiger charge is 2.20. The third-order valence-corrected chi connectivity index (χ3v) is 4.24. The fourth-order valence-corrected chi connectivity index (χ4v) is 2.71. The Labute approximate surface area is 137 Å². The van der Waals surface area contributed by atoms with E-state index < -0.39 is 11.6 Å². The Morgan fingerprint density at radius 2 is 2.08 bits per heavy atom. The lowest BCUT2D eigenvalue weighted by molar-refractivity contribution is 0.579. The van der Waals surface area contributed by atoms with Crippen LogP contribution in [0.3, 0.4) is 0 Å². The van der Waals surface area contributed by atoms with Gasteiger partial charge in [0.25, 0.3) is 0 Å². The number of nitrogen functional groups attached to an aromatic ring is 1. The molecule has 3 heterocycles. The highest BCUT2D eigenvalue weighted by atomic mass is 19.1. The summed E-state index contributed by atoms with van der Waals surface area (Å²) in [7, 11) is 0. The number of rotatable bonds is 5. The van der Waals surface area contributed by atoms with Crippen LogP contribution < -0.4 is 11.1 Å². The summed E-state index contributed by atoms with van der Waals surface area (Å²) >= 11 is 0. The van der Waals surface area contributed by atoms with E-state index in [9.17, 15) is 8.78 Å². The smallest absolute Gasteiger partial charge is 0.168 e. The number of hydrogen-bond donors (Lipinski definition) is 2. The van der Waals surface area contributed by atoms with Crippen molar-refractivity contribution in [2.24, 2.45) is 5.92 Å². The average molecular weight is 329 g/mol. The van der Waals surface area contributed by atoms with Crippen molar-refractivity contribution in [2.45, 2.75) is 19.4 Å². The van der Waals surface area contributed by atoms with E-state index in [4.69, 9.17) is 5.73 Å². The maximum absolute atomic E-state index is 14.0. The summed E-state index contributed by atoms with van der Waals surface area (Å²) in [6, 6.07) is 4.63. The van der Waals surface area contributed by atoms with Crippen LogP contribution >= 0.6 is 0 Å². The first-order valence-electron chi connectivity index (χ1n) is 7.90. The zero-order valence-electron chi connectivity index (χ0n) is 13.0. The van der Waals surface area contributed by atoms with Crippen molar-refractivity contribution in [3.8, 4) is 11.4 Å². The monoisotopic (exact) mass is 329 g/mol. The summed E-state index contributed by atoms with van der Waals surface area (Å²) < 4.78 is 29.0. The van der Waals surface area contributed by atoms with Crippen molar-refractivity contribution in [1.29, 1.82) is 0 Å². The highest BCUT2D eigenvalue weighted by molar-refractivity contribution is 5.62. The molecule has 0 bridgehead atoms. The Bertz CT molecular complexity index is 901. The van der Waals surface area contributed by atoms with Crippen molar-refractivity contribution in [2.75, 3.05) is 12.3 Å². The van der Waals surface area contributed by atoms with E-state index in [-0.39, 0.29) is 11.5 Å². The van der Waals surface area contributed by atoms with E-state index in [0.717, 1.165) is 30.6 Å². The van der Waals surface area contributed by atoms with E-state index in [1.165, 1.54) is 19.0 Å². The fourth-order valence-electron chi connectivity index (χ4n) is 2.71. The van der Waals surface area contributed by atoms with Crippen LogP contribution in [0.25, 0.3) is 17.0 Å².